The second-order valence-corrected chi connectivity index (χ2v) is 9.81. The topological polar surface area (TPSA) is 38.7 Å². The molecule has 0 radical (unpaired) electrons. The van der Waals surface area contributed by atoms with Gasteiger partial charge in [-0.05, 0) is 73.6 Å². The summed E-state index contributed by atoms with van der Waals surface area (Å²) in [5, 5.41) is 4.84. The van der Waals surface area contributed by atoms with E-state index in [1.807, 2.05) is 36.4 Å². The largest absolute Gasteiger partial charge is 0.226 e. The normalized spacial score (nSPS) is 11.2. The first-order valence-electron chi connectivity index (χ1n) is 12.8. The third kappa shape index (κ3) is 4.43. The molecule has 0 saturated heterocycles. The summed E-state index contributed by atoms with van der Waals surface area (Å²) in [6.07, 6.45) is 0. The Hall–Kier alpha value is -4.86. The minimum absolute atomic E-state index is 0.165. The summed E-state index contributed by atoms with van der Waals surface area (Å²) in [5.41, 5.74) is 6.19. The van der Waals surface area contributed by atoms with E-state index in [1.165, 1.54) is 10.8 Å². The summed E-state index contributed by atoms with van der Waals surface area (Å²) >= 11 is 6.54. The first-order chi connectivity index (χ1) is 19.2. The minimum Gasteiger partial charge on any atom is -0.208 e. The van der Waals surface area contributed by atoms with Crippen molar-refractivity contribution >= 4 is 33.1 Å². The number of aromatic nitrogens is 3. The molecular formula is C35H22ClN3. The highest BCUT2D eigenvalue weighted by Gasteiger charge is 2.16. The van der Waals surface area contributed by atoms with Crippen molar-refractivity contribution in [3.8, 4) is 45.0 Å². The Morgan fingerprint density at radius 1 is 0.385 bits per heavy atom. The molecular weight excluding hydrogens is 498 g/mol. The van der Waals surface area contributed by atoms with Crippen LogP contribution < -0.4 is 0 Å². The van der Waals surface area contributed by atoms with Gasteiger partial charge in [0.2, 0.25) is 5.28 Å². The smallest absolute Gasteiger partial charge is 0.208 e. The third-order valence-electron chi connectivity index (χ3n) is 7.04. The molecule has 0 amide bonds. The summed E-state index contributed by atoms with van der Waals surface area (Å²) in [5.74, 6) is 1.09. The third-order valence-corrected chi connectivity index (χ3v) is 7.21. The van der Waals surface area contributed by atoms with Crippen LogP contribution in [0.25, 0.3) is 66.6 Å². The zero-order valence-corrected chi connectivity index (χ0v) is 21.7. The summed E-state index contributed by atoms with van der Waals surface area (Å²) < 4.78 is 0. The Labute approximate surface area is 231 Å². The van der Waals surface area contributed by atoms with Crippen LogP contribution in [0, 0.1) is 0 Å². The lowest BCUT2D eigenvalue weighted by Crippen LogP contribution is -1.99. The highest BCUT2D eigenvalue weighted by Crippen LogP contribution is 2.36. The number of fused-ring (bicyclic) bond motifs is 2. The van der Waals surface area contributed by atoms with Gasteiger partial charge in [0.05, 0.1) is 0 Å². The average molecular weight is 520 g/mol. The summed E-state index contributed by atoms with van der Waals surface area (Å²) in [7, 11) is 0. The van der Waals surface area contributed by atoms with Crippen molar-refractivity contribution in [3.05, 3.63) is 139 Å². The molecule has 0 saturated carbocycles. The van der Waals surface area contributed by atoms with E-state index in [2.05, 4.69) is 107 Å². The van der Waals surface area contributed by atoms with E-state index in [0.717, 1.165) is 44.2 Å². The molecule has 0 aliphatic heterocycles. The van der Waals surface area contributed by atoms with E-state index in [0.29, 0.717) is 11.6 Å². The van der Waals surface area contributed by atoms with Gasteiger partial charge in [0.15, 0.2) is 11.6 Å². The van der Waals surface area contributed by atoms with Crippen molar-refractivity contribution in [1.82, 2.24) is 15.0 Å². The Morgan fingerprint density at radius 2 is 0.974 bits per heavy atom. The van der Waals surface area contributed by atoms with Crippen LogP contribution in [0.4, 0.5) is 0 Å². The van der Waals surface area contributed by atoms with Crippen LogP contribution in [-0.4, -0.2) is 15.0 Å². The molecule has 3 nitrogen and oxygen atoms in total. The summed E-state index contributed by atoms with van der Waals surface area (Å²) in [6, 6.07) is 46.0. The molecule has 0 atom stereocenters. The lowest BCUT2D eigenvalue weighted by atomic mass is 9.95. The fourth-order valence-electron chi connectivity index (χ4n) is 5.18. The second kappa shape index (κ2) is 9.79. The fraction of sp³-hybridized carbons (Fsp3) is 0. The summed E-state index contributed by atoms with van der Waals surface area (Å²) in [4.78, 5) is 14.1. The van der Waals surface area contributed by atoms with E-state index in [-0.39, 0.29) is 5.28 Å². The molecule has 0 fully saturated rings. The maximum Gasteiger partial charge on any atom is 0.226 e. The van der Waals surface area contributed by atoms with Gasteiger partial charge >= 0.3 is 0 Å². The second-order valence-electron chi connectivity index (χ2n) is 9.47. The highest BCUT2D eigenvalue weighted by atomic mass is 35.5. The van der Waals surface area contributed by atoms with Gasteiger partial charge in [-0.1, -0.05) is 115 Å². The van der Waals surface area contributed by atoms with E-state index in [1.54, 1.807) is 0 Å². The minimum atomic E-state index is 0.165. The van der Waals surface area contributed by atoms with Crippen molar-refractivity contribution in [2.75, 3.05) is 0 Å². The van der Waals surface area contributed by atoms with Gasteiger partial charge in [-0.15, -0.1) is 0 Å². The van der Waals surface area contributed by atoms with Crippen molar-refractivity contribution in [2.24, 2.45) is 0 Å². The van der Waals surface area contributed by atoms with Crippen LogP contribution in [0.1, 0.15) is 0 Å². The molecule has 0 aliphatic carbocycles. The number of nitrogens with zero attached hydrogens (tertiary/aromatic N) is 3. The van der Waals surface area contributed by atoms with Gasteiger partial charge in [0.25, 0.3) is 0 Å². The fourth-order valence-corrected chi connectivity index (χ4v) is 5.34. The molecule has 39 heavy (non-hydrogen) atoms. The van der Waals surface area contributed by atoms with Gasteiger partial charge in [-0.3, -0.25) is 0 Å². The molecule has 4 heteroatoms. The van der Waals surface area contributed by atoms with Crippen molar-refractivity contribution in [1.29, 1.82) is 0 Å². The summed E-state index contributed by atoms with van der Waals surface area (Å²) in [6.45, 7) is 0. The average Bonchev–Trinajstić information content (AvgIpc) is 3.00. The zero-order chi connectivity index (χ0) is 26.2. The van der Waals surface area contributed by atoms with E-state index in [4.69, 9.17) is 16.6 Å². The molecule has 1 heterocycles. The van der Waals surface area contributed by atoms with Crippen LogP contribution >= 0.6 is 11.6 Å². The monoisotopic (exact) mass is 519 g/mol. The van der Waals surface area contributed by atoms with Gasteiger partial charge in [-0.25, -0.2) is 4.98 Å². The molecule has 0 spiro atoms. The van der Waals surface area contributed by atoms with E-state index < -0.39 is 0 Å². The first kappa shape index (κ1) is 23.3. The lowest BCUT2D eigenvalue weighted by Gasteiger charge is -2.13. The van der Waals surface area contributed by atoms with Crippen LogP contribution in [0.5, 0.6) is 0 Å². The molecule has 0 aliphatic rings. The molecule has 7 rings (SSSR count). The van der Waals surface area contributed by atoms with Crippen molar-refractivity contribution in [3.63, 3.8) is 0 Å². The highest BCUT2D eigenvalue weighted by molar-refractivity contribution is 6.28. The molecule has 0 bridgehead atoms. The van der Waals surface area contributed by atoms with Gasteiger partial charge in [0.1, 0.15) is 0 Å². The molecule has 1 aromatic heterocycles. The number of halogens is 1. The van der Waals surface area contributed by atoms with E-state index in [9.17, 15) is 0 Å². The molecule has 0 unspecified atom stereocenters. The maximum atomic E-state index is 6.54. The quantitative estimate of drug-likeness (QED) is 0.232. The van der Waals surface area contributed by atoms with Gasteiger partial charge in [0, 0.05) is 11.1 Å². The number of hydrogen-bond acceptors (Lipinski definition) is 3. The van der Waals surface area contributed by atoms with Crippen LogP contribution in [0.3, 0.4) is 0 Å². The Kier molecular flexibility index (Phi) is 5.84. The van der Waals surface area contributed by atoms with Gasteiger partial charge in [-0.2, -0.15) is 9.97 Å². The number of benzene rings is 6. The lowest BCUT2D eigenvalue weighted by molar-refractivity contribution is 1.07. The molecule has 6 aromatic carbocycles. The Bertz CT molecular complexity index is 1980. The predicted molar refractivity (Wildman–Crippen MR) is 162 cm³/mol. The molecule has 0 N–H and O–H groups in total. The van der Waals surface area contributed by atoms with Crippen LogP contribution in [-0.2, 0) is 0 Å². The van der Waals surface area contributed by atoms with Crippen LogP contribution in [0.15, 0.2) is 133 Å². The van der Waals surface area contributed by atoms with Crippen molar-refractivity contribution in [2.45, 2.75) is 0 Å². The maximum absolute atomic E-state index is 6.54. The standard InChI is InChI=1S/C35H22ClN3/c36-35-38-33(28-17-8-16-27(20-28)30-19-9-15-23-12-6-7-18-29(23)30)37-34(39-35)32-22-26-14-5-4-13-25(26)21-31(32)24-10-2-1-3-11-24/h1-22H. The predicted octanol–water partition coefficient (Wildman–Crippen LogP) is 9.50. The van der Waals surface area contributed by atoms with E-state index >= 15 is 0 Å². The zero-order valence-electron chi connectivity index (χ0n) is 20.9. The molecule has 184 valence electrons. The molecule has 7 aromatic rings. The van der Waals surface area contributed by atoms with Crippen molar-refractivity contribution < 1.29 is 0 Å². The number of rotatable bonds is 4. The first-order valence-corrected chi connectivity index (χ1v) is 13.2. The van der Waals surface area contributed by atoms with Crippen LogP contribution in [0.2, 0.25) is 5.28 Å². The Balaban J connectivity index is 1.39. The van der Waals surface area contributed by atoms with Gasteiger partial charge < -0.3 is 0 Å². The Morgan fingerprint density at radius 3 is 1.79 bits per heavy atom. The number of hydrogen-bond donors (Lipinski definition) is 0. The SMILES string of the molecule is Clc1nc(-c2cccc(-c3cccc4ccccc34)c2)nc(-c2cc3ccccc3cc2-c2ccccc2)n1.